The molecule has 2 aromatic rings. The van der Waals surface area contributed by atoms with E-state index in [0.717, 1.165) is 28.4 Å². The molecule has 0 aromatic heterocycles. The Morgan fingerprint density at radius 1 is 1.20 bits per heavy atom. The second-order valence-corrected chi connectivity index (χ2v) is 6.05. The van der Waals surface area contributed by atoms with E-state index in [1.807, 2.05) is 18.2 Å². The molecule has 0 aliphatic carbocycles. The van der Waals surface area contributed by atoms with Gasteiger partial charge in [0.2, 0.25) is 0 Å². The van der Waals surface area contributed by atoms with E-state index in [2.05, 4.69) is 52.5 Å². The highest BCUT2D eigenvalue weighted by Crippen LogP contribution is 2.30. The average molecular weight is 354 g/mol. The Balaban J connectivity index is 2.31. The van der Waals surface area contributed by atoms with Gasteiger partial charge in [-0.2, -0.15) is 0 Å². The summed E-state index contributed by atoms with van der Waals surface area (Å²) in [7, 11) is 0. The summed E-state index contributed by atoms with van der Waals surface area (Å²) in [5.74, 6) is 5.74. The van der Waals surface area contributed by atoms with Gasteiger partial charge >= 0.3 is 0 Å². The first-order valence-electron chi connectivity index (χ1n) is 6.65. The monoisotopic (exact) mass is 352 g/mol. The molecule has 0 radical (unpaired) electrons. The lowest BCUT2D eigenvalue weighted by molar-refractivity contribution is 0.634. The smallest absolute Gasteiger partial charge is 0.0721 e. The number of benzene rings is 2. The largest absolute Gasteiger partial charge is 0.271 e. The summed E-state index contributed by atoms with van der Waals surface area (Å²) in [6, 6.07) is 14.2. The second-order valence-electron chi connectivity index (χ2n) is 4.76. The number of nitrogens with one attached hydrogen (secondary N) is 1. The van der Waals surface area contributed by atoms with E-state index in [1.54, 1.807) is 0 Å². The number of hydrazine groups is 1. The van der Waals surface area contributed by atoms with Gasteiger partial charge in [-0.25, -0.2) is 5.43 Å². The van der Waals surface area contributed by atoms with Crippen LogP contribution >= 0.6 is 27.5 Å². The first-order chi connectivity index (χ1) is 9.65. The lowest BCUT2D eigenvalue weighted by Gasteiger charge is -2.19. The Bertz CT molecular complexity index is 569. The van der Waals surface area contributed by atoms with Gasteiger partial charge in [0.1, 0.15) is 0 Å². The summed E-state index contributed by atoms with van der Waals surface area (Å²) < 4.78 is 0.950. The van der Waals surface area contributed by atoms with Crippen LogP contribution in [0.2, 0.25) is 5.02 Å². The molecule has 0 spiro atoms. The van der Waals surface area contributed by atoms with Gasteiger partial charge in [-0.05, 0) is 35.2 Å². The molecule has 0 aliphatic heterocycles. The molecule has 0 saturated heterocycles. The van der Waals surface area contributed by atoms with Crippen LogP contribution in [0.4, 0.5) is 0 Å². The molecular weight excluding hydrogens is 336 g/mol. The topological polar surface area (TPSA) is 38.0 Å². The maximum atomic E-state index is 5.98. The van der Waals surface area contributed by atoms with Crippen LogP contribution in [-0.2, 0) is 6.42 Å². The van der Waals surface area contributed by atoms with E-state index in [9.17, 15) is 0 Å². The number of hydrogen-bond acceptors (Lipinski definition) is 2. The quantitative estimate of drug-likeness (QED) is 0.608. The molecule has 106 valence electrons. The van der Waals surface area contributed by atoms with E-state index < -0.39 is 0 Å². The Labute approximate surface area is 133 Å². The van der Waals surface area contributed by atoms with Gasteiger partial charge in [0.25, 0.3) is 0 Å². The maximum Gasteiger partial charge on any atom is 0.0721 e. The normalized spacial score (nSPS) is 12.4. The minimum atomic E-state index is -0.0580. The summed E-state index contributed by atoms with van der Waals surface area (Å²) in [5.41, 5.74) is 6.43. The van der Waals surface area contributed by atoms with Crippen molar-refractivity contribution in [3.05, 3.63) is 68.7 Å². The van der Waals surface area contributed by atoms with Crippen LogP contribution < -0.4 is 11.3 Å². The van der Waals surface area contributed by atoms with Crippen molar-refractivity contribution in [1.82, 2.24) is 5.43 Å². The highest BCUT2D eigenvalue weighted by Gasteiger charge is 2.15. The van der Waals surface area contributed by atoms with Crippen molar-refractivity contribution in [3.63, 3.8) is 0 Å². The molecule has 1 atom stereocenters. The number of hydrogen-bond donors (Lipinski definition) is 2. The van der Waals surface area contributed by atoms with Gasteiger partial charge in [-0.15, -0.1) is 0 Å². The number of halogens is 2. The first-order valence-corrected chi connectivity index (χ1v) is 7.82. The van der Waals surface area contributed by atoms with Crippen LogP contribution in [0.1, 0.15) is 36.1 Å². The zero-order valence-electron chi connectivity index (χ0n) is 11.4. The third-order valence-corrected chi connectivity index (χ3v) is 4.21. The molecule has 20 heavy (non-hydrogen) atoms. The van der Waals surface area contributed by atoms with Crippen molar-refractivity contribution in [2.75, 3.05) is 0 Å². The molecule has 0 saturated carbocycles. The zero-order chi connectivity index (χ0) is 14.5. The van der Waals surface area contributed by atoms with E-state index in [1.165, 1.54) is 5.56 Å². The van der Waals surface area contributed by atoms with Gasteiger partial charge in [0.05, 0.1) is 6.04 Å². The lowest BCUT2D eigenvalue weighted by Crippen LogP contribution is -2.29. The van der Waals surface area contributed by atoms with Crippen molar-refractivity contribution in [1.29, 1.82) is 0 Å². The molecule has 2 nitrogen and oxygen atoms in total. The molecule has 2 aromatic carbocycles. The number of rotatable bonds is 5. The van der Waals surface area contributed by atoms with Crippen LogP contribution in [0, 0.1) is 0 Å². The zero-order valence-corrected chi connectivity index (χ0v) is 13.7. The lowest BCUT2D eigenvalue weighted by atomic mass is 9.97. The van der Waals surface area contributed by atoms with Crippen LogP contribution in [0.3, 0.4) is 0 Å². The minimum absolute atomic E-state index is 0.0580. The summed E-state index contributed by atoms with van der Waals surface area (Å²) >= 11 is 9.53. The molecule has 3 N–H and O–H groups in total. The standard InChI is InChI=1S/C16H18BrClN2/c1-2-3-11-4-6-12(7-5-11)16(20-19)14-9-8-13(18)10-15(14)17/h4-10,16,20H,2-3,19H2,1H3. The first kappa shape index (κ1) is 15.5. The Morgan fingerprint density at radius 2 is 1.90 bits per heavy atom. The fraction of sp³-hybridized carbons (Fsp3) is 0.250. The highest BCUT2D eigenvalue weighted by atomic mass is 79.9. The molecule has 0 amide bonds. The van der Waals surface area contributed by atoms with E-state index in [-0.39, 0.29) is 6.04 Å². The molecule has 1 unspecified atom stereocenters. The summed E-state index contributed by atoms with van der Waals surface area (Å²) in [5, 5.41) is 0.703. The molecule has 0 aliphatic rings. The number of nitrogens with two attached hydrogens (primary N) is 1. The van der Waals surface area contributed by atoms with Crippen molar-refractivity contribution in [3.8, 4) is 0 Å². The van der Waals surface area contributed by atoms with Crippen LogP contribution in [0.25, 0.3) is 0 Å². The Morgan fingerprint density at radius 3 is 2.45 bits per heavy atom. The molecule has 0 bridgehead atoms. The van der Waals surface area contributed by atoms with Gasteiger partial charge < -0.3 is 0 Å². The van der Waals surface area contributed by atoms with Crippen molar-refractivity contribution in [2.24, 2.45) is 5.84 Å². The molecule has 0 fully saturated rings. The van der Waals surface area contributed by atoms with E-state index in [4.69, 9.17) is 17.4 Å². The SMILES string of the molecule is CCCc1ccc(C(NN)c2ccc(Cl)cc2Br)cc1. The van der Waals surface area contributed by atoms with Gasteiger partial charge in [-0.3, -0.25) is 5.84 Å². The maximum absolute atomic E-state index is 5.98. The van der Waals surface area contributed by atoms with Gasteiger partial charge in [-0.1, -0.05) is 71.2 Å². The van der Waals surface area contributed by atoms with Gasteiger partial charge in [0.15, 0.2) is 0 Å². The average Bonchev–Trinajstić information content (AvgIpc) is 2.44. The Hall–Kier alpha value is -0.870. The van der Waals surface area contributed by atoms with E-state index >= 15 is 0 Å². The minimum Gasteiger partial charge on any atom is -0.271 e. The van der Waals surface area contributed by atoms with Crippen LogP contribution in [-0.4, -0.2) is 0 Å². The highest BCUT2D eigenvalue weighted by molar-refractivity contribution is 9.10. The summed E-state index contributed by atoms with van der Waals surface area (Å²) in [6.45, 7) is 2.18. The van der Waals surface area contributed by atoms with Gasteiger partial charge in [0, 0.05) is 9.50 Å². The predicted octanol–water partition coefficient (Wildman–Crippen LogP) is 4.61. The molecule has 4 heteroatoms. The van der Waals surface area contributed by atoms with Crippen molar-refractivity contribution >= 4 is 27.5 Å². The van der Waals surface area contributed by atoms with Crippen LogP contribution in [0.5, 0.6) is 0 Å². The predicted molar refractivity (Wildman–Crippen MR) is 88.8 cm³/mol. The third kappa shape index (κ3) is 3.61. The second kappa shape index (κ2) is 7.23. The molecule has 0 heterocycles. The fourth-order valence-corrected chi connectivity index (χ4v) is 3.18. The fourth-order valence-electron chi connectivity index (χ4n) is 2.27. The summed E-state index contributed by atoms with van der Waals surface area (Å²) in [6.07, 6.45) is 2.26. The molecule has 2 rings (SSSR count). The van der Waals surface area contributed by atoms with E-state index in [0.29, 0.717) is 5.02 Å². The summed E-state index contributed by atoms with van der Waals surface area (Å²) in [4.78, 5) is 0. The van der Waals surface area contributed by atoms with Crippen molar-refractivity contribution < 1.29 is 0 Å². The number of aryl methyl sites for hydroxylation is 1. The van der Waals surface area contributed by atoms with Crippen molar-refractivity contribution in [2.45, 2.75) is 25.8 Å². The Kier molecular flexibility index (Phi) is 5.61. The molecular formula is C16H18BrClN2. The van der Waals surface area contributed by atoms with Crippen LogP contribution in [0.15, 0.2) is 46.9 Å². The third-order valence-electron chi connectivity index (χ3n) is 3.29.